The molecular weight excluding hydrogens is 789 g/mol. The van der Waals surface area contributed by atoms with E-state index in [1.807, 2.05) is 24.3 Å². The molecule has 0 unspecified atom stereocenters. The number of benzene rings is 10. The lowest BCUT2D eigenvalue weighted by Crippen LogP contribution is -2.02. The van der Waals surface area contributed by atoms with Crippen molar-refractivity contribution in [2.24, 2.45) is 0 Å². The van der Waals surface area contributed by atoms with Crippen molar-refractivity contribution in [1.82, 2.24) is 13.7 Å². The normalized spacial score (nSPS) is 11.7. The van der Waals surface area contributed by atoms with E-state index in [9.17, 15) is 5.26 Å². The maximum Gasteiger partial charge on any atom is 0.0991 e. The first-order valence-corrected chi connectivity index (χ1v) is 22.1. The summed E-state index contributed by atoms with van der Waals surface area (Å²) in [5, 5.41) is 16.9. The molecular formula is C61H38N4. The van der Waals surface area contributed by atoms with Crippen molar-refractivity contribution in [3.63, 3.8) is 0 Å². The zero-order chi connectivity index (χ0) is 43.0. The Morgan fingerprint density at radius 2 is 0.708 bits per heavy atom. The van der Waals surface area contributed by atoms with Crippen LogP contribution in [0.4, 0.5) is 0 Å². The summed E-state index contributed by atoms with van der Waals surface area (Å²) in [5.41, 5.74) is 17.6. The Morgan fingerprint density at radius 1 is 0.292 bits per heavy atom. The SMILES string of the molecule is N#Cc1ccc(-c2cccc(-c3c(-c4ccccc4-n4c5ccccc5c5c(-n6c7ccccc7c7ccccc76)cccc54)cccc3-n3c4ccccc4c4ccccc43)c2)cc1. The molecule has 0 aliphatic carbocycles. The van der Waals surface area contributed by atoms with Crippen LogP contribution >= 0.6 is 0 Å². The molecule has 3 heterocycles. The fourth-order valence-corrected chi connectivity index (χ4v) is 10.6. The number of nitriles is 1. The second kappa shape index (κ2) is 14.6. The average molecular weight is 827 g/mol. The van der Waals surface area contributed by atoms with Gasteiger partial charge in [-0.3, -0.25) is 0 Å². The highest BCUT2D eigenvalue weighted by Gasteiger charge is 2.24. The third kappa shape index (κ3) is 5.56. The molecule has 0 saturated carbocycles. The molecule has 13 aromatic rings. The van der Waals surface area contributed by atoms with Gasteiger partial charge in [0.2, 0.25) is 0 Å². The average Bonchev–Trinajstić information content (AvgIpc) is 4.02. The molecule has 0 saturated heterocycles. The van der Waals surface area contributed by atoms with Gasteiger partial charge in [-0.05, 0) is 95.1 Å². The van der Waals surface area contributed by atoms with Crippen LogP contribution in [-0.2, 0) is 0 Å². The highest BCUT2D eigenvalue weighted by atomic mass is 15.0. The number of hydrogen-bond donors (Lipinski definition) is 0. The van der Waals surface area contributed by atoms with Crippen LogP contribution in [0.25, 0.3) is 116 Å². The first kappa shape index (κ1) is 36.7. The molecule has 302 valence electrons. The van der Waals surface area contributed by atoms with Crippen LogP contribution in [-0.4, -0.2) is 13.7 Å². The summed E-state index contributed by atoms with van der Waals surface area (Å²) in [7, 11) is 0. The largest absolute Gasteiger partial charge is 0.309 e. The number of fused-ring (bicyclic) bond motifs is 9. The summed E-state index contributed by atoms with van der Waals surface area (Å²) >= 11 is 0. The highest BCUT2D eigenvalue weighted by Crippen LogP contribution is 2.46. The Hall–Kier alpha value is -8.91. The van der Waals surface area contributed by atoms with Crippen molar-refractivity contribution in [3.8, 4) is 56.5 Å². The second-order valence-electron chi connectivity index (χ2n) is 16.8. The molecule has 0 spiro atoms. The Morgan fingerprint density at radius 3 is 1.32 bits per heavy atom. The Balaban J connectivity index is 1.11. The van der Waals surface area contributed by atoms with Gasteiger partial charge >= 0.3 is 0 Å². The van der Waals surface area contributed by atoms with Gasteiger partial charge in [0.05, 0.1) is 61.8 Å². The van der Waals surface area contributed by atoms with Gasteiger partial charge < -0.3 is 13.7 Å². The van der Waals surface area contributed by atoms with Crippen molar-refractivity contribution >= 4 is 65.4 Å². The standard InChI is InChI=1S/C61H38N4/c62-39-40-34-36-41(37-35-40)42-16-13-17-43(38-42)60-49(24-14-31-57(60)63-51-25-7-1-18-44(51)45-19-2-8-26-52(45)63)48-22-5-11-29-55(48)65-56-30-12-6-23-50(56)61-58(32-15-33-59(61)65)64-53-27-9-3-20-46(53)47-21-4-10-28-54(47)64/h1-38H. The number of nitrogens with zero attached hydrogens (tertiary/aromatic N) is 4. The highest BCUT2D eigenvalue weighted by molar-refractivity contribution is 6.17. The topological polar surface area (TPSA) is 38.6 Å². The predicted octanol–water partition coefficient (Wildman–Crippen LogP) is 15.9. The third-order valence-electron chi connectivity index (χ3n) is 13.3. The minimum Gasteiger partial charge on any atom is -0.309 e. The fourth-order valence-electron chi connectivity index (χ4n) is 10.6. The van der Waals surface area contributed by atoms with E-state index in [0.29, 0.717) is 5.56 Å². The lowest BCUT2D eigenvalue weighted by atomic mass is 9.90. The summed E-state index contributed by atoms with van der Waals surface area (Å²) in [4.78, 5) is 0. The van der Waals surface area contributed by atoms with Gasteiger partial charge in [-0.15, -0.1) is 0 Å². The van der Waals surface area contributed by atoms with Gasteiger partial charge in [-0.25, -0.2) is 0 Å². The molecule has 10 aromatic carbocycles. The van der Waals surface area contributed by atoms with E-state index < -0.39 is 0 Å². The molecule has 13 rings (SSSR count). The van der Waals surface area contributed by atoms with Gasteiger partial charge in [0.25, 0.3) is 0 Å². The summed E-state index contributed by atoms with van der Waals surface area (Å²) in [6, 6.07) is 85.3. The molecule has 0 atom stereocenters. The maximum atomic E-state index is 9.59. The molecule has 65 heavy (non-hydrogen) atoms. The minimum atomic E-state index is 0.646. The quantitative estimate of drug-likeness (QED) is 0.165. The molecule has 0 fully saturated rings. The van der Waals surface area contributed by atoms with E-state index in [2.05, 4.69) is 226 Å². The van der Waals surface area contributed by atoms with Gasteiger partial charge in [0.1, 0.15) is 0 Å². The van der Waals surface area contributed by atoms with Crippen LogP contribution < -0.4 is 0 Å². The second-order valence-corrected chi connectivity index (χ2v) is 16.8. The molecule has 0 N–H and O–H groups in total. The molecule has 3 aromatic heterocycles. The lowest BCUT2D eigenvalue weighted by Gasteiger charge is -2.21. The molecule has 0 aliphatic heterocycles. The van der Waals surface area contributed by atoms with Crippen molar-refractivity contribution in [3.05, 3.63) is 236 Å². The lowest BCUT2D eigenvalue weighted by molar-refractivity contribution is 1.16. The van der Waals surface area contributed by atoms with E-state index in [-0.39, 0.29) is 0 Å². The number of hydrogen-bond acceptors (Lipinski definition) is 1. The summed E-state index contributed by atoms with van der Waals surface area (Å²) < 4.78 is 7.37. The zero-order valence-electron chi connectivity index (χ0n) is 35.2. The van der Waals surface area contributed by atoms with Gasteiger partial charge in [-0.2, -0.15) is 5.26 Å². The smallest absolute Gasteiger partial charge is 0.0991 e. The van der Waals surface area contributed by atoms with Crippen LogP contribution in [0.3, 0.4) is 0 Å². The zero-order valence-corrected chi connectivity index (χ0v) is 35.2. The van der Waals surface area contributed by atoms with E-state index >= 15 is 0 Å². The Bertz CT molecular complexity index is 3970. The van der Waals surface area contributed by atoms with Gasteiger partial charge in [0, 0.05) is 43.4 Å². The monoisotopic (exact) mass is 826 g/mol. The first-order chi connectivity index (χ1) is 32.2. The first-order valence-electron chi connectivity index (χ1n) is 22.1. The Kier molecular flexibility index (Phi) is 8.24. The van der Waals surface area contributed by atoms with Crippen LogP contribution in [0.15, 0.2) is 231 Å². The van der Waals surface area contributed by atoms with Crippen LogP contribution in [0.5, 0.6) is 0 Å². The van der Waals surface area contributed by atoms with E-state index in [0.717, 1.165) is 72.5 Å². The fraction of sp³-hybridized carbons (Fsp3) is 0. The van der Waals surface area contributed by atoms with Crippen LogP contribution in [0.2, 0.25) is 0 Å². The molecule has 0 amide bonds. The predicted molar refractivity (Wildman–Crippen MR) is 270 cm³/mol. The molecule has 4 heteroatoms. The molecule has 0 radical (unpaired) electrons. The summed E-state index contributed by atoms with van der Waals surface area (Å²) in [5.74, 6) is 0. The van der Waals surface area contributed by atoms with Crippen molar-refractivity contribution < 1.29 is 0 Å². The van der Waals surface area contributed by atoms with Crippen LogP contribution in [0.1, 0.15) is 5.56 Å². The van der Waals surface area contributed by atoms with Crippen LogP contribution in [0, 0.1) is 11.3 Å². The van der Waals surface area contributed by atoms with E-state index in [1.165, 1.54) is 43.4 Å². The molecule has 4 nitrogen and oxygen atoms in total. The number of aromatic nitrogens is 3. The van der Waals surface area contributed by atoms with Gasteiger partial charge in [-0.1, -0.05) is 158 Å². The van der Waals surface area contributed by atoms with Crippen molar-refractivity contribution in [2.75, 3.05) is 0 Å². The summed E-state index contributed by atoms with van der Waals surface area (Å²) in [6.45, 7) is 0. The van der Waals surface area contributed by atoms with Gasteiger partial charge in [0.15, 0.2) is 0 Å². The van der Waals surface area contributed by atoms with Crippen molar-refractivity contribution in [1.29, 1.82) is 5.26 Å². The minimum absolute atomic E-state index is 0.646. The molecule has 0 bridgehead atoms. The molecule has 0 aliphatic rings. The van der Waals surface area contributed by atoms with E-state index in [1.54, 1.807) is 0 Å². The number of para-hydroxylation sites is 6. The third-order valence-corrected chi connectivity index (χ3v) is 13.3. The number of rotatable bonds is 6. The van der Waals surface area contributed by atoms with E-state index in [4.69, 9.17) is 0 Å². The maximum absolute atomic E-state index is 9.59. The summed E-state index contributed by atoms with van der Waals surface area (Å²) in [6.07, 6.45) is 0. The van der Waals surface area contributed by atoms with Crippen molar-refractivity contribution in [2.45, 2.75) is 0 Å². The Labute approximate surface area is 375 Å².